The molecule has 0 radical (unpaired) electrons. The van der Waals surface area contributed by atoms with E-state index in [2.05, 4.69) is 33.4 Å². The number of hydrogen-bond acceptors (Lipinski definition) is 9. The molecular formula is C25H45N5O4S2. The van der Waals surface area contributed by atoms with Crippen molar-refractivity contribution in [2.24, 2.45) is 5.73 Å². The van der Waals surface area contributed by atoms with Crippen LogP contribution in [0.1, 0.15) is 32.1 Å². The summed E-state index contributed by atoms with van der Waals surface area (Å²) in [5.74, 6) is 0.786. The van der Waals surface area contributed by atoms with Crippen molar-refractivity contribution in [3.05, 3.63) is 30.3 Å². The Morgan fingerprint density at radius 3 is 2.14 bits per heavy atom. The van der Waals surface area contributed by atoms with Crippen molar-refractivity contribution >= 4 is 33.4 Å². The van der Waals surface area contributed by atoms with E-state index >= 15 is 0 Å². The zero-order valence-corrected chi connectivity index (χ0v) is 23.1. The Labute approximate surface area is 224 Å². The van der Waals surface area contributed by atoms with Crippen LogP contribution in [0, 0.1) is 0 Å². The van der Waals surface area contributed by atoms with Crippen molar-refractivity contribution in [3.8, 4) is 0 Å². The average Bonchev–Trinajstić information content (AvgIpc) is 2.89. The number of carbonyl (C=O) groups is 2. The molecule has 6 N–H and O–H groups in total. The van der Waals surface area contributed by atoms with E-state index in [1.807, 2.05) is 18.2 Å². The molecule has 0 aliphatic carbocycles. The first-order valence-electron chi connectivity index (χ1n) is 12.9. The van der Waals surface area contributed by atoms with E-state index in [9.17, 15) is 9.59 Å². The van der Waals surface area contributed by atoms with Gasteiger partial charge in [-0.15, -0.1) is 0 Å². The van der Waals surface area contributed by atoms with Gasteiger partial charge in [0.25, 0.3) is 0 Å². The standard InChI is InChI=1S/C25H45N5O4S2/c26-11-14-27-12-5-2-6-13-28-15-16-29-24(31)9-18-33-20-21-34-19-17-30-25(32)10-22-35-36-23-7-3-1-4-8-23/h1,3-4,7-8,27-28H,2,5-6,9-22,26H2,(H,29,31)(H,30,32). The first kappa shape index (κ1) is 32.7. The smallest absolute Gasteiger partial charge is 0.222 e. The minimum atomic E-state index is -0.00765. The number of hydrogen-bond donors (Lipinski definition) is 5. The lowest BCUT2D eigenvalue weighted by atomic mass is 10.2. The molecule has 206 valence electrons. The maximum atomic E-state index is 11.8. The highest BCUT2D eigenvalue weighted by Crippen LogP contribution is 2.30. The molecule has 0 aliphatic heterocycles. The summed E-state index contributed by atoms with van der Waals surface area (Å²) in [4.78, 5) is 24.8. The summed E-state index contributed by atoms with van der Waals surface area (Å²) in [6, 6.07) is 10.1. The van der Waals surface area contributed by atoms with Gasteiger partial charge in [0, 0.05) is 56.2 Å². The molecule has 0 bridgehead atoms. The average molecular weight is 544 g/mol. The zero-order chi connectivity index (χ0) is 25.9. The highest BCUT2D eigenvalue weighted by molar-refractivity contribution is 8.76. The third kappa shape index (κ3) is 21.9. The van der Waals surface area contributed by atoms with E-state index in [0.29, 0.717) is 58.9 Å². The first-order chi connectivity index (χ1) is 17.7. The van der Waals surface area contributed by atoms with Gasteiger partial charge in [-0.2, -0.15) is 0 Å². The van der Waals surface area contributed by atoms with E-state index in [1.54, 1.807) is 21.6 Å². The molecule has 11 heteroatoms. The number of rotatable bonds is 25. The van der Waals surface area contributed by atoms with E-state index in [1.165, 1.54) is 11.3 Å². The number of nitrogens with one attached hydrogen (secondary N) is 4. The van der Waals surface area contributed by atoms with Gasteiger partial charge in [-0.25, -0.2) is 0 Å². The van der Waals surface area contributed by atoms with Crippen LogP contribution in [0.4, 0.5) is 0 Å². The lowest BCUT2D eigenvalue weighted by Gasteiger charge is -2.08. The lowest BCUT2D eigenvalue weighted by molar-refractivity contribution is -0.122. The fourth-order valence-electron chi connectivity index (χ4n) is 2.97. The van der Waals surface area contributed by atoms with Crippen molar-refractivity contribution in [1.82, 2.24) is 21.3 Å². The summed E-state index contributed by atoms with van der Waals surface area (Å²) >= 11 is 0. The molecule has 1 aromatic rings. The van der Waals surface area contributed by atoms with E-state index < -0.39 is 0 Å². The summed E-state index contributed by atoms with van der Waals surface area (Å²) < 4.78 is 10.9. The fourth-order valence-corrected chi connectivity index (χ4v) is 4.96. The quantitative estimate of drug-likeness (QED) is 0.0926. The van der Waals surface area contributed by atoms with Gasteiger partial charge in [-0.3, -0.25) is 9.59 Å². The Bertz CT molecular complexity index is 659. The lowest BCUT2D eigenvalue weighted by Crippen LogP contribution is -2.32. The second kappa shape index (κ2) is 25.3. The van der Waals surface area contributed by atoms with Gasteiger partial charge in [0.05, 0.1) is 26.4 Å². The molecule has 0 spiro atoms. The van der Waals surface area contributed by atoms with Gasteiger partial charge in [0.2, 0.25) is 11.8 Å². The molecule has 0 saturated carbocycles. The number of ether oxygens (including phenoxy) is 2. The molecule has 0 aromatic heterocycles. The van der Waals surface area contributed by atoms with Gasteiger partial charge >= 0.3 is 0 Å². The Hall–Kier alpha value is -1.34. The molecule has 9 nitrogen and oxygen atoms in total. The summed E-state index contributed by atoms with van der Waals surface area (Å²) in [6.07, 6.45) is 4.30. The fraction of sp³-hybridized carbons (Fsp3) is 0.680. The Morgan fingerprint density at radius 1 is 0.722 bits per heavy atom. The maximum absolute atomic E-state index is 11.8. The monoisotopic (exact) mass is 543 g/mol. The highest BCUT2D eigenvalue weighted by Gasteiger charge is 2.03. The summed E-state index contributed by atoms with van der Waals surface area (Å²) in [6.45, 7) is 7.12. The normalized spacial score (nSPS) is 10.9. The van der Waals surface area contributed by atoms with Crippen molar-refractivity contribution in [2.45, 2.75) is 37.0 Å². The van der Waals surface area contributed by atoms with Gasteiger partial charge in [-0.05, 0) is 38.1 Å². The van der Waals surface area contributed by atoms with Crippen LogP contribution in [0.2, 0.25) is 0 Å². The molecule has 0 heterocycles. The molecule has 36 heavy (non-hydrogen) atoms. The largest absolute Gasteiger partial charge is 0.379 e. The third-order valence-corrected chi connectivity index (χ3v) is 7.26. The molecule has 0 saturated heterocycles. The molecule has 0 unspecified atom stereocenters. The van der Waals surface area contributed by atoms with Crippen LogP contribution in [0.5, 0.6) is 0 Å². The molecule has 1 rings (SSSR count). The van der Waals surface area contributed by atoms with Crippen LogP contribution in [0.15, 0.2) is 35.2 Å². The van der Waals surface area contributed by atoms with E-state index in [4.69, 9.17) is 15.2 Å². The molecule has 0 atom stereocenters. The van der Waals surface area contributed by atoms with Crippen LogP contribution >= 0.6 is 21.6 Å². The van der Waals surface area contributed by atoms with Gasteiger partial charge < -0.3 is 36.5 Å². The van der Waals surface area contributed by atoms with Crippen LogP contribution in [0.3, 0.4) is 0 Å². The van der Waals surface area contributed by atoms with Gasteiger partial charge in [0.15, 0.2) is 0 Å². The number of amides is 2. The molecule has 1 aromatic carbocycles. The second-order valence-corrected chi connectivity index (χ2v) is 10.5. The molecule has 0 fully saturated rings. The van der Waals surface area contributed by atoms with Gasteiger partial charge in [0.1, 0.15) is 0 Å². The van der Waals surface area contributed by atoms with Crippen molar-refractivity contribution in [3.63, 3.8) is 0 Å². The minimum absolute atomic E-state index is 0.00765. The van der Waals surface area contributed by atoms with Crippen molar-refractivity contribution < 1.29 is 19.1 Å². The predicted octanol–water partition coefficient (Wildman–Crippen LogP) is 1.78. The topological polar surface area (TPSA) is 127 Å². The zero-order valence-electron chi connectivity index (χ0n) is 21.4. The second-order valence-electron chi connectivity index (χ2n) is 7.99. The minimum Gasteiger partial charge on any atom is -0.379 e. The van der Waals surface area contributed by atoms with Crippen LogP contribution in [0.25, 0.3) is 0 Å². The Morgan fingerprint density at radius 2 is 1.39 bits per heavy atom. The first-order valence-corrected chi connectivity index (χ1v) is 15.2. The van der Waals surface area contributed by atoms with Crippen LogP contribution < -0.4 is 27.0 Å². The number of nitrogens with two attached hydrogens (primary N) is 1. The highest BCUT2D eigenvalue weighted by atomic mass is 33.1. The molecule has 2 amide bonds. The third-order valence-electron chi connectivity index (χ3n) is 4.88. The molecule has 0 aliphatic rings. The Kier molecular flexibility index (Phi) is 23.0. The van der Waals surface area contributed by atoms with Crippen LogP contribution in [-0.4, -0.2) is 89.8 Å². The summed E-state index contributed by atoms with van der Waals surface area (Å²) in [5, 5.41) is 12.4. The molecular weight excluding hydrogens is 498 g/mol. The maximum Gasteiger partial charge on any atom is 0.222 e. The van der Waals surface area contributed by atoms with E-state index in [0.717, 1.165) is 44.8 Å². The van der Waals surface area contributed by atoms with Gasteiger partial charge in [-0.1, -0.05) is 46.2 Å². The SMILES string of the molecule is NCCNCCCCCNCCNC(=O)CCOCCOCCNC(=O)CCSSc1ccccc1. The van der Waals surface area contributed by atoms with E-state index in [-0.39, 0.29) is 11.8 Å². The number of carbonyl (C=O) groups excluding carboxylic acids is 2. The van der Waals surface area contributed by atoms with Crippen molar-refractivity contribution in [1.29, 1.82) is 0 Å². The summed E-state index contributed by atoms with van der Waals surface area (Å²) in [5.41, 5.74) is 5.43. The Balaban J connectivity index is 1.76. The summed E-state index contributed by atoms with van der Waals surface area (Å²) in [7, 11) is 3.36. The number of benzene rings is 1. The number of unbranched alkanes of at least 4 members (excludes halogenated alkanes) is 2. The van der Waals surface area contributed by atoms with Crippen molar-refractivity contribution in [2.75, 3.05) is 78.0 Å². The predicted molar refractivity (Wildman–Crippen MR) is 150 cm³/mol. The van der Waals surface area contributed by atoms with Crippen LogP contribution in [-0.2, 0) is 19.1 Å².